The lowest BCUT2D eigenvalue weighted by Crippen LogP contribution is -2.29. The first kappa shape index (κ1) is 11.0. The maximum absolute atomic E-state index is 11.0. The predicted molar refractivity (Wildman–Crippen MR) is 54.5 cm³/mol. The summed E-state index contributed by atoms with van der Waals surface area (Å²) in [6.07, 6.45) is 2.36. The lowest BCUT2D eigenvalue weighted by molar-refractivity contribution is 0.268. The van der Waals surface area contributed by atoms with Crippen LogP contribution in [0.4, 0.5) is 0 Å². The van der Waals surface area contributed by atoms with Gasteiger partial charge in [0.2, 0.25) is 0 Å². The number of hydrogen-bond donors (Lipinski definition) is 0. The Bertz CT molecular complexity index is 259. The molecule has 0 N–H and O–H groups in total. The largest absolute Gasteiger partial charge is 0.301 e. The van der Waals surface area contributed by atoms with E-state index in [0.29, 0.717) is 17.7 Å². The summed E-state index contributed by atoms with van der Waals surface area (Å²) in [5, 5.41) is 0. The van der Waals surface area contributed by atoms with Crippen molar-refractivity contribution in [3.63, 3.8) is 0 Å². The highest BCUT2D eigenvalue weighted by Crippen LogP contribution is 2.19. The Hall–Kier alpha value is -0.0900. The van der Waals surface area contributed by atoms with Crippen LogP contribution >= 0.6 is 0 Å². The molecule has 1 atom stereocenters. The predicted octanol–water partition coefficient (Wildman–Crippen LogP) is 0.761. The van der Waals surface area contributed by atoms with E-state index in [4.69, 9.17) is 0 Å². The Morgan fingerprint density at radius 1 is 1.46 bits per heavy atom. The molecule has 1 unspecified atom stereocenters. The van der Waals surface area contributed by atoms with Crippen LogP contribution in [0.25, 0.3) is 0 Å². The lowest BCUT2D eigenvalue weighted by Gasteiger charge is -2.19. The third-order valence-electron chi connectivity index (χ3n) is 2.59. The monoisotopic (exact) mass is 205 g/mol. The Morgan fingerprint density at radius 3 is 2.46 bits per heavy atom. The van der Waals surface area contributed by atoms with Gasteiger partial charge in [0.15, 0.2) is 0 Å². The Labute approximate surface area is 81.0 Å². The third-order valence-corrected chi connectivity index (χ3v) is 3.66. The summed E-state index contributed by atoms with van der Waals surface area (Å²) in [6.45, 7) is 6.31. The Kier molecular flexibility index (Phi) is 3.35. The molecule has 3 nitrogen and oxygen atoms in total. The number of sulfone groups is 1. The standard InChI is InChI=1S/C9H19NO2S/c1-8(2)10-5-4-9(6-10)7-13(3,11)12/h8-9H,4-7H2,1-3H3. The summed E-state index contributed by atoms with van der Waals surface area (Å²) in [4.78, 5) is 2.34. The minimum absolute atomic E-state index is 0.357. The summed E-state index contributed by atoms with van der Waals surface area (Å²) in [7, 11) is -2.78. The molecule has 1 aliphatic heterocycles. The zero-order chi connectivity index (χ0) is 10.1. The van der Waals surface area contributed by atoms with Crippen LogP contribution in [0.1, 0.15) is 20.3 Å². The Morgan fingerprint density at radius 2 is 2.08 bits per heavy atom. The molecular weight excluding hydrogens is 186 g/mol. The molecule has 1 fully saturated rings. The fourth-order valence-corrected chi connectivity index (χ4v) is 3.02. The molecule has 0 spiro atoms. The van der Waals surface area contributed by atoms with Gasteiger partial charge in [-0.3, -0.25) is 0 Å². The summed E-state index contributed by atoms with van der Waals surface area (Å²) in [5.41, 5.74) is 0. The topological polar surface area (TPSA) is 37.4 Å². The number of nitrogens with zero attached hydrogens (tertiary/aromatic N) is 1. The lowest BCUT2D eigenvalue weighted by atomic mass is 10.2. The van der Waals surface area contributed by atoms with Crippen LogP contribution in [-0.4, -0.2) is 44.5 Å². The third kappa shape index (κ3) is 3.65. The zero-order valence-corrected chi connectivity index (χ0v) is 9.47. The quantitative estimate of drug-likeness (QED) is 0.682. The molecule has 0 aromatic heterocycles. The van der Waals surface area contributed by atoms with Crippen molar-refractivity contribution in [1.29, 1.82) is 0 Å². The number of likely N-dealkylation sites (tertiary alicyclic amines) is 1. The van der Waals surface area contributed by atoms with E-state index in [0.717, 1.165) is 19.5 Å². The molecule has 1 aliphatic rings. The molecule has 0 radical (unpaired) electrons. The second-order valence-electron chi connectivity index (χ2n) is 4.34. The molecule has 4 heteroatoms. The molecular formula is C9H19NO2S. The fraction of sp³-hybridized carbons (Fsp3) is 1.00. The first-order valence-electron chi connectivity index (χ1n) is 4.80. The molecule has 13 heavy (non-hydrogen) atoms. The first-order chi connectivity index (χ1) is 5.88. The van der Waals surface area contributed by atoms with Gasteiger partial charge in [0.05, 0.1) is 5.75 Å². The molecule has 0 bridgehead atoms. The van der Waals surface area contributed by atoms with E-state index in [2.05, 4.69) is 18.7 Å². The van der Waals surface area contributed by atoms with Gasteiger partial charge < -0.3 is 4.90 Å². The van der Waals surface area contributed by atoms with Gasteiger partial charge in [-0.1, -0.05) is 0 Å². The molecule has 1 rings (SSSR count). The maximum atomic E-state index is 11.0. The fourth-order valence-electron chi connectivity index (χ4n) is 1.90. The van der Waals surface area contributed by atoms with Crippen LogP contribution in [0.5, 0.6) is 0 Å². The highest BCUT2D eigenvalue weighted by atomic mass is 32.2. The van der Waals surface area contributed by atoms with Crippen molar-refractivity contribution in [2.24, 2.45) is 5.92 Å². The molecule has 1 heterocycles. The van der Waals surface area contributed by atoms with Crippen molar-refractivity contribution in [3.05, 3.63) is 0 Å². The molecule has 0 aromatic rings. The minimum Gasteiger partial charge on any atom is -0.301 e. The van der Waals surface area contributed by atoms with Crippen LogP contribution in [0.2, 0.25) is 0 Å². The van der Waals surface area contributed by atoms with Crippen LogP contribution in [0.15, 0.2) is 0 Å². The van der Waals surface area contributed by atoms with Gasteiger partial charge in [0.1, 0.15) is 9.84 Å². The summed E-state index contributed by atoms with van der Waals surface area (Å²) >= 11 is 0. The van der Waals surface area contributed by atoms with E-state index in [9.17, 15) is 8.42 Å². The molecule has 1 saturated heterocycles. The molecule has 0 saturated carbocycles. The molecule has 0 aliphatic carbocycles. The van der Waals surface area contributed by atoms with E-state index < -0.39 is 9.84 Å². The first-order valence-corrected chi connectivity index (χ1v) is 6.86. The summed E-state index contributed by atoms with van der Waals surface area (Å²) < 4.78 is 22.1. The molecule has 0 amide bonds. The van der Waals surface area contributed by atoms with Crippen molar-refractivity contribution in [3.8, 4) is 0 Å². The van der Waals surface area contributed by atoms with Gasteiger partial charge in [0.25, 0.3) is 0 Å². The maximum Gasteiger partial charge on any atom is 0.147 e. The van der Waals surface area contributed by atoms with Gasteiger partial charge in [-0.25, -0.2) is 8.42 Å². The average molecular weight is 205 g/mol. The van der Waals surface area contributed by atoms with Crippen LogP contribution in [-0.2, 0) is 9.84 Å². The van der Waals surface area contributed by atoms with Crippen molar-refractivity contribution < 1.29 is 8.42 Å². The van der Waals surface area contributed by atoms with Gasteiger partial charge in [-0.05, 0) is 32.7 Å². The SMILES string of the molecule is CC(C)N1CCC(CS(C)(=O)=O)C1. The van der Waals surface area contributed by atoms with E-state index >= 15 is 0 Å². The zero-order valence-electron chi connectivity index (χ0n) is 8.66. The second kappa shape index (κ2) is 3.96. The van der Waals surface area contributed by atoms with Gasteiger partial charge in [0, 0.05) is 18.8 Å². The van der Waals surface area contributed by atoms with Crippen LogP contribution in [0.3, 0.4) is 0 Å². The van der Waals surface area contributed by atoms with E-state index in [1.165, 1.54) is 6.26 Å². The summed E-state index contributed by atoms with van der Waals surface area (Å²) in [6, 6.07) is 0.546. The second-order valence-corrected chi connectivity index (χ2v) is 6.52. The molecule has 0 aromatic carbocycles. The highest BCUT2D eigenvalue weighted by Gasteiger charge is 2.26. The van der Waals surface area contributed by atoms with E-state index in [1.807, 2.05) is 0 Å². The average Bonchev–Trinajstić information content (AvgIpc) is 2.31. The number of hydrogen-bond acceptors (Lipinski definition) is 3. The van der Waals surface area contributed by atoms with Crippen molar-refractivity contribution in [2.75, 3.05) is 25.1 Å². The normalized spacial score (nSPS) is 25.7. The summed E-state index contributed by atoms with van der Waals surface area (Å²) in [5.74, 6) is 0.716. The van der Waals surface area contributed by atoms with E-state index in [1.54, 1.807) is 0 Å². The van der Waals surface area contributed by atoms with Crippen molar-refractivity contribution in [1.82, 2.24) is 4.90 Å². The smallest absolute Gasteiger partial charge is 0.147 e. The number of rotatable bonds is 3. The van der Waals surface area contributed by atoms with E-state index in [-0.39, 0.29) is 0 Å². The highest BCUT2D eigenvalue weighted by molar-refractivity contribution is 7.90. The Balaban J connectivity index is 2.42. The van der Waals surface area contributed by atoms with Gasteiger partial charge in [-0.15, -0.1) is 0 Å². The minimum atomic E-state index is -2.78. The van der Waals surface area contributed by atoms with Gasteiger partial charge in [-0.2, -0.15) is 0 Å². The van der Waals surface area contributed by atoms with Crippen LogP contribution in [0, 0.1) is 5.92 Å². The molecule has 78 valence electrons. The van der Waals surface area contributed by atoms with Crippen molar-refractivity contribution >= 4 is 9.84 Å². The van der Waals surface area contributed by atoms with Crippen LogP contribution < -0.4 is 0 Å². The van der Waals surface area contributed by atoms with Crippen molar-refractivity contribution in [2.45, 2.75) is 26.3 Å². The van der Waals surface area contributed by atoms with Gasteiger partial charge >= 0.3 is 0 Å².